The maximum Gasteiger partial charge on any atom is 0.274 e. The Balaban J connectivity index is 1.56. The van der Waals surface area contributed by atoms with E-state index in [-0.39, 0.29) is 11.8 Å². The van der Waals surface area contributed by atoms with Gasteiger partial charge in [-0.3, -0.25) is 14.6 Å². The van der Waals surface area contributed by atoms with E-state index in [1.807, 2.05) is 6.07 Å². The average Bonchev–Trinajstić information content (AvgIpc) is 3.45. The van der Waals surface area contributed by atoms with Gasteiger partial charge in [0.15, 0.2) is 0 Å². The second-order valence-electron chi connectivity index (χ2n) is 7.90. The van der Waals surface area contributed by atoms with E-state index in [2.05, 4.69) is 45.7 Å². The number of thiophene rings is 1. The highest BCUT2D eigenvalue weighted by Crippen LogP contribution is 2.37. The van der Waals surface area contributed by atoms with E-state index in [0.29, 0.717) is 31.6 Å². The van der Waals surface area contributed by atoms with E-state index < -0.39 is 5.41 Å². The molecule has 1 aliphatic rings. The molecule has 3 aromatic rings. The molecule has 1 atom stereocenters. The Morgan fingerprint density at radius 3 is 2.60 bits per heavy atom. The van der Waals surface area contributed by atoms with Crippen LogP contribution in [0.5, 0.6) is 0 Å². The molecule has 0 spiro atoms. The van der Waals surface area contributed by atoms with Crippen LogP contribution in [0.1, 0.15) is 22.5 Å². The zero-order valence-electron chi connectivity index (χ0n) is 17.1. The van der Waals surface area contributed by atoms with E-state index in [1.165, 1.54) is 22.8 Å². The topological polar surface area (TPSA) is 66.4 Å². The Morgan fingerprint density at radius 2 is 1.97 bits per heavy atom. The highest BCUT2D eigenvalue weighted by atomic mass is 32.1. The summed E-state index contributed by atoms with van der Waals surface area (Å²) in [5, 5.41) is 2.06. The van der Waals surface area contributed by atoms with Crippen molar-refractivity contribution in [3.63, 3.8) is 0 Å². The molecular formula is C23H24N4O2S. The molecule has 1 aliphatic heterocycles. The molecule has 0 unspecified atom stereocenters. The summed E-state index contributed by atoms with van der Waals surface area (Å²) in [6.07, 6.45) is 5.75. The zero-order chi connectivity index (χ0) is 21.1. The summed E-state index contributed by atoms with van der Waals surface area (Å²) < 4.78 is 0. The summed E-state index contributed by atoms with van der Waals surface area (Å²) in [5.41, 5.74) is 1.95. The highest BCUT2D eigenvalue weighted by molar-refractivity contribution is 7.13. The summed E-state index contributed by atoms with van der Waals surface area (Å²) in [6, 6.07) is 12.5. The molecule has 4 rings (SSSR count). The molecule has 0 radical (unpaired) electrons. The number of carbonyl (C=O) groups is 2. The van der Waals surface area contributed by atoms with Gasteiger partial charge in [-0.15, -0.1) is 11.3 Å². The Labute approximate surface area is 180 Å². The standard InChI is InChI=1S/C23H24N4O2S/c1-26(2)22(29)23(9-12-27(16-23)21(28)19-15-24-10-11-25-19)14-17-5-7-18(8-6-17)20-4-3-13-30-20/h3-8,10-11,13,15H,9,12,14,16H2,1-2H3/t23-/m0/s1. The minimum absolute atomic E-state index is 0.0549. The molecule has 30 heavy (non-hydrogen) atoms. The van der Waals surface area contributed by atoms with Crippen molar-refractivity contribution in [2.24, 2.45) is 5.41 Å². The van der Waals surface area contributed by atoms with E-state index in [0.717, 1.165) is 5.56 Å². The lowest BCUT2D eigenvalue weighted by atomic mass is 9.79. The van der Waals surface area contributed by atoms with Crippen LogP contribution in [0.25, 0.3) is 10.4 Å². The molecule has 1 fully saturated rings. The molecule has 0 aliphatic carbocycles. The Morgan fingerprint density at radius 1 is 1.17 bits per heavy atom. The van der Waals surface area contributed by atoms with Crippen molar-refractivity contribution in [1.82, 2.24) is 19.8 Å². The van der Waals surface area contributed by atoms with Crippen molar-refractivity contribution in [2.45, 2.75) is 12.8 Å². The molecule has 7 heteroatoms. The van der Waals surface area contributed by atoms with Crippen LogP contribution < -0.4 is 0 Å². The molecule has 154 valence electrons. The van der Waals surface area contributed by atoms with Crippen molar-refractivity contribution in [1.29, 1.82) is 0 Å². The number of carbonyl (C=O) groups excluding carboxylic acids is 2. The predicted molar refractivity (Wildman–Crippen MR) is 117 cm³/mol. The third-order valence-corrected chi connectivity index (χ3v) is 6.50. The van der Waals surface area contributed by atoms with Gasteiger partial charge in [-0.1, -0.05) is 30.3 Å². The van der Waals surface area contributed by atoms with Crippen LogP contribution in [-0.4, -0.2) is 58.8 Å². The maximum absolute atomic E-state index is 13.2. The summed E-state index contributed by atoms with van der Waals surface area (Å²) >= 11 is 1.71. The van der Waals surface area contributed by atoms with Crippen LogP contribution in [0.2, 0.25) is 0 Å². The summed E-state index contributed by atoms with van der Waals surface area (Å²) in [7, 11) is 3.55. The van der Waals surface area contributed by atoms with E-state index in [9.17, 15) is 9.59 Å². The van der Waals surface area contributed by atoms with Crippen LogP contribution in [0, 0.1) is 5.41 Å². The maximum atomic E-state index is 13.2. The lowest BCUT2D eigenvalue weighted by Gasteiger charge is -2.31. The first-order valence-electron chi connectivity index (χ1n) is 9.88. The van der Waals surface area contributed by atoms with Crippen LogP contribution in [0.3, 0.4) is 0 Å². The quantitative estimate of drug-likeness (QED) is 0.635. The monoisotopic (exact) mass is 420 g/mol. The van der Waals surface area contributed by atoms with Crippen LogP contribution in [0.15, 0.2) is 60.4 Å². The van der Waals surface area contributed by atoms with Crippen molar-refractivity contribution in [3.05, 3.63) is 71.6 Å². The van der Waals surface area contributed by atoms with E-state index >= 15 is 0 Å². The van der Waals surface area contributed by atoms with Crippen molar-refractivity contribution in [3.8, 4) is 10.4 Å². The molecule has 2 aromatic heterocycles. The fourth-order valence-corrected chi connectivity index (χ4v) is 4.84. The van der Waals surface area contributed by atoms with Crippen LogP contribution in [-0.2, 0) is 11.2 Å². The summed E-state index contributed by atoms with van der Waals surface area (Å²) in [4.78, 5) is 38.7. The number of rotatable bonds is 5. The summed E-state index contributed by atoms with van der Waals surface area (Å²) in [5.74, 6) is -0.121. The third kappa shape index (κ3) is 3.98. The van der Waals surface area contributed by atoms with Crippen molar-refractivity contribution >= 4 is 23.2 Å². The van der Waals surface area contributed by atoms with Gasteiger partial charge in [-0.05, 0) is 35.4 Å². The van der Waals surface area contributed by atoms with Crippen LogP contribution in [0.4, 0.5) is 0 Å². The third-order valence-electron chi connectivity index (χ3n) is 5.59. The molecule has 0 N–H and O–H groups in total. The van der Waals surface area contributed by atoms with Gasteiger partial charge in [0.05, 0.1) is 11.6 Å². The predicted octanol–water partition coefficient (Wildman–Crippen LogP) is 3.37. The number of aromatic nitrogens is 2. The lowest BCUT2D eigenvalue weighted by Crippen LogP contribution is -2.44. The normalized spacial score (nSPS) is 18.4. The van der Waals surface area contributed by atoms with Gasteiger partial charge in [0, 0.05) is 44.5 Å². The first-order chi connectivity index (χ1) is 14.5. The summed E-state index contributed by atoms with van der Waals surface area (Å²) in [6.45, 7) is 0.911. The number of benzene rings is 1. The number of likely N-dealkylation sites (tertiary alicyclic amines) is 1. The Hall–Kier alpha value is -3.06. The molecule has 3 heterocycles. The number of amides is 2. The van der Waals surface area contributed by atoms with Gasteiger partial charge < -0.3 is 9.80 Å². The van der Waals surface area contributed by atoms with Gasteiger partial charge in [0.25, 0.3) is 5.91 Å². The fourth-order valence-electron chi connectivity index (χ4n) is 4.11. The average molecular weight is 421 g/mol. The number of nitrogens with zero attached hydrogens (tertiary/aromatic N) is 4. The van der Waals surface area contributed by atoms with E-state index in [4.69, 9.17) is 0 Å². The second kappa shape index (κ2) is 8.36. The first kappa shape index (κ1) is 20.2. The van der Waals surface area contributed by atoms with Crippen molar-refractivity contribution < 1.29 is 9.59 Å². The SMILES string of the molecule is CN(C)C(=O)[C@]1(Cc2ccc(-c3cccs3)cc2)CCN(C(=O)c2cnccn2)C1. The van der Waals surface area contributed by atoms with Gasteiger partial charge >= 0.3 is 0 Å². The zero-order valence-corrected chi connectivity index (χ0v) is 17.9. The molecule has 0 saturated carbocycles. The van der Waals surface area contributed by atoms with E-state index in [1.54, 1.807) is 41.4 Å². The molecule has 2 amide bonds. The minimum atomic E-state index is -0.633. The second-order valence-corrected chi connectivity index (χ2v) is 8.85. The Kier molecular flexibility index (Phi) is 5.63. The minimum Gasteiger partial charge on any atom is -0.348 e. The van der Waals surface area contributed by atoms with Gasteiger partial charge in [-0.25, -0.2) is 4.98 Å². The highest BCUT2D eigenvalue weighted by Gasteiger charge is 2.47. The van der Waals surface area contributed by atoms with Crippen LogP contribution >= 0.6 is 11.3 Å². The smallest absolute Gasteiger partial charge is 0.274 e. The molecule has 0 bridgehead atoms. The molecule has 6 nitrogen and oxygen atoms in total. The first-order valence-corrected chi connectivity index (χ1v) is 10.8. The molecule has 1 saturated heterocycles. The Bertz CT molecular complexity index is 1020. The van der Waals surface area contributed by atoms with Gasteiger partial charge in [0.1, 0.15) is 5.69 Å². The van der Waals surface area contributed by atoms with Gasteiger partial charge in [0.2, 0.25) is 5.91 Å². The molecular weight excluding hydrogens is 396 g/mol. The lowest BCUT2D eigenvalue weighted by molar-refractivity contribution is -0.138. The largest absolute Gasteiger partial charge is 0.348 e. The number of hydrogen-bond donors (Lipinski definition) is 0. The number of hydrogen-bond acceptors (Lipinski definition) is 5. The fraction of sp³-hybridized carbons (Fsp3) is 0.304. The van der Waals surface area contributed by atoms with Gasteiger partial charge in [-0.2, -0.15) is 0 Å². The molecule has 1 aromatic carbocycles. The van der Waals surface area contributed by atoms with Crippen molar-refractivity contribution in [2.75, 3.05) is 27.2 Å².